The van der Waals surface area contributed by atoms with Gasteiger partial charge in [-0.3, -0.25) is 5.43 Å². The fraction of sp³-hybridized carbons (Fsp3) is 0.467. The van der Waals surface area contributed by atoms with Crippen LogP contribution in [0.4, 0.5) is 0 Å². The second kappa shape index (κ2) is 6.47. The van der Waals surface area contributed by atoms with Gasteiger partial charge < -0.3 is 19.8 Å². The Morgan fingerprint density at radius 1 is 1.30 bits per heavy atom. The highest BCUT2D eigenvalue weighted by Crippen LogP contribution is 2.36. The lowest BCUT2D eigenvalue weighted by atomic mass is 9.78. The Morgan fingerprint density at radius 2 is 1.91 bits per heavy atom. The van der Waals surface area contributed by atoms with Crippen LogP contribution in [0.3, 0.4) is 0 Å². The van der Waals surface area contributed by atoms with E-state index in [1.54, 1.807) is 13.3 Å². The Bertz CT molecular complexity index is 618. The van der Waals surface area contributed by atoms with Gasteiger partial charge in [-0.2, -0.15) is 5.10 Å². The van der Waals surface area contributed by atoms with Gasteiger partial charge in [-0.05, 0) is 57.5 Å². The normalized spacial score (nSPS) is 19.1. The first-order valence-corrected chi connectivity index (χ1v) is 7.69. The maximum absolute atomic E-state index is 6.06. The molecule has 0 bridgehead atoms. The molecule has 0 radical (unpaired) electrons. The molecule has 0 spiro atoms. The highest BCUT2D eigenvalue weighted by atomic mass is 32.1. The molecule has 2 rings (SSSR count). The van der Waals surface area contributed by atoms with Crippen molar-refractivity contribution in [3.63, 3.8) is 0 Å². The van der Waals surface area contributed by atoms with Crippen LogP contribution >= 0.6 is 12.2 Å². The monoisotopic (exact) mass is 335 g/mol. The molecule has 1 aromatic rings. The van der Waals surface area contributed by atoms with E-state index in [1.807, 2.05) is 45.9 Å². The van der Waals surface area contributed by atoms with Gasteiger partial charge in [0, 0.05) is 5.56 Å². The summed E-state index contributed by atoms with van der Waals surface area (Å²) in [6.45, 7) is 8.08. The standard InChI is InChI=1S/C15H22BN3O3S/c1-14(2)15(3,4)22-16(21-14)11-6-7-12(20-5)10(8-11)9-18-19-13(17)23/h6-9H,1-5H3,(H3,17,19,23). The molecule has 1 fully saturated rings. The molecule has 1 aromatic carbocycles. The molecule has 1 saturated heterocycles. The van der Waals surface area contributed by atoms with Gasteiger partial charge in [-0.15, -0.1) is 0 Å². The van der Waals surface area contributed by atoms with Crippen molar-refractivity contribution in [1.82, 2.24) is 5.43 Å². The van der Waals surface area contributed by atoms with Crippen LogP contribution in [0.5, 0.6) is 5.75 Å². The van der Waals surface area contributed by atoms with Crippen LogP contribution in [0, 0.1) is 0 Å². The molecule has 0 amide bonds. The Kier molecular flexibility index (Phi) is 4.98. The minimum atomic E-state index is -0.443. The number of nitrogens with one attached hydrogen (secondary N) is 1. The number of ether oxygens (including phenoxy) is 1. The van der Waals surface area contributed by atoms with Crippen molar-refractivity contribution in [2.45, 2.75) is 38.9 Å². The van der Waals surface area contributed by atoms with Crippen molar-refractivity contribution in [2.24, 2.45) is 10.8 Å². The van der Waals surface area contributed by atoms with Crippen LogP contribution in [-0.2, 0) is 9.31 Å². The minimum Gasteiger partial charge on any atom is -0.496 e. The van der Waals surface area contributed by atoms with Gasteiger partial charge in [0.2, 0.25) is 0 Å². The van der Waals surface area contributed by atoms with Gasteiger partial charge in [-0.25, -0.2) is 0 Å². The fourth-order valence-corrected chi connectivity index (χ4v) is 2.20. The Morgan fingerprint density at radius 3 is 2.43 bits per heavy atom. The maximum atomic E-state index is 6.06. The van der Waals surface area contributed by atoms with E-state index in [9.17, 15) is 0 Å². The molecule has 124 valence electrons. The molecular weight excluding hydrogens is 313 g/mol. The molecule has 0 unspecified atom stereocenters. The first-order valence-electron chi connectivity index (χ1n) is 7.28. The number of methoxy groups -OCH3 is 1. The zero-order valence-corrected chi connectivity index (χ0v) is 14.9. The Balaban J connectivity index is 2.28. The van der Waals surface area contributed by atoms with Crippen LogP contribution in [0.15, 0.2) is 23.3 Å². The predicted octanol–water partition coefficient (Wildman–Crippen LogP) is 1.16. The van der Waals surface area contributed by atoms with Crippen molar-refractivity contribution in [3.8, 4) is 5.75 Å². The maximum Gasteiger partial charge on any atom is 0.494 e. The summed E-state index contributed by atoms with van der Waals surface area (Å²) >= 11 is 4.72. The van der Waals surface area contributed by atoms with Crippen molar-refractivity contribution >= 4 is 36.1 Å². The van der Waals surface area contributed by atoms with E-state index in [1.165, 1.54) is 0 Å². The molecule has 6 nitrogen and oxygen atoms in total. The fourth-order valence-electron chi connectivity index (χ4n) is 2.14. The number of rotatable bonds is 4. The summed E-state index contributed by atoms with van der Waals surface area (Å²) in [5.41, 5.74) is 8.75. The number of thiocarbonyl (C=S) groups is 1. The topological polar surface area (TPSA) is 78.1 Å². The predicted molar refractivity (Wildman–Crippen MR) is 96.2 cm³/mol. The van der Waals surface area contributed by atoms with Gasteiger partial charge >= 0.3 is 7.12 Å². The third-order valence-corrected chi connectivity index (χ3v) is 4.25. The summed E-state index contributed by atoms with van der Waals surface area (Å²) in [4.78, 5) is 0. The first kappa shape index (κ1) is 17.7. The molecule has 1 aliphatic heterocycles. The molecular formula is C15H22BN3O3S. The lowest BCUT2D eigenvalue weighted by Crippen LogP contribution is -2.41. The summed E-state index contributed by atoms with van der Waals surface area (Å²) in [6.07, 6.45) is 1.59. The lowest BCUT2D eigenvalue weighted by Gasteiger charge is -2.32. The van der Waals surface area contributed by atoms with Gasteiger partial charge in [0.15, 0.2) is 5.11 Å². The van der Waals surface area contributed by atoms with E-state index >= 15 is 0 Å². The SMILES string of the molecule is COc1ccc(B2OC(C)(C)C(C)(C)O2)cc1C=NNC(N)=S. The van der Waals surface area contributed by atoms with Crippen LogP contribution < -0.4 is 21.4 Å². The summed E-state index contributed by atoms with van der Waals surface area (Å²) in [7, 11) is 1.16. The first-order chi connectivity index (χ1) is 10.7. The summed E-state index contributed by atoms with van der Waals surface area (Å²) < 4.78 is 17.5. The third kappa shape index (κ3) is 3.83. The number of hydrogen-bond acceptors (Lipinski definition) is 5. The average Bonchev–Trinajstić information content (AvgIpc) is 2.67. The van der Waals surface area contributed by atoms with Crippen LogP contribution in [0.1, 0.15) is 33.3 Å². The summed E-state index contributed by atoms with van der Waals surface area (Å²) in [6, 6.07) is 5.67. The number of benzene rings is 1. The van der Waals surface area contributed by atoms with Crippen LogP contribution in [-0.4, -0.2) is 36.8 Å². The zero-order valence-electron chi connectivity index (χ0n) is 14.0. The quantitative estimate of drug-likeness (QED) is 0.372. The third-order valence-electron chi connectivity index (χ3n) is 4.16. The molecule has 0 atom stereocenters. The van der Waals surface area contributed by atoms with E-state index in [2.05, 4.69) is 10.5 Å². The number of nitrogens with two attached hydrogens (primary N) is 1. The Labute approximate surface area is 142 Å². The molecule has 3 N–H and O–H groups in total. The second-order valence-electron chi connectivity index (χ2n) is 6.32. The molecule has 0 aromatic heterocycles. The molecule has 1 aliphatic rings. The molecule has 1 heterocycles. The van der Waals surface area contributed by atoms with E-state index in [4.69, 9.17) is 32.0 Å². The smallest absolute Gasteiger partial charge is 0.494 e. The van der Waals surface area contributed by atoms with E-state index in [0.717, 1.165) is 11.0 Å². The number of hydrazone groups is 1. The molecule has 0 aliphatic carbocycles. The molecule has 8 heteroatoms. The van der Waals surface area contributed by atoms with E-state index < -0.39 is 7.12 Å². The van der Waals surface area contributed by atoms with Gasteiger partial charge in [0.1, 0.15) is 5.75 Å². The number of nitrogens with zero attached hydrogens (tertiary/aromatic N) is 1. The largest absolute Gasteiger partial charge is 0.496 e. The highest BCUT2D eigenvalue weighted by molar-refractivity contribution is 7.80. The van der Waals surface area contributed by atoms with Gasteiger partial charge in [-0.1, -0.05) is 6.07 Å². The minimum absolute atomic E-state index is 0.0994. The Hall–Kier alpha value is -1.64. The van der Waals surface area contributed by atoms with E-state index in [-0.39, 0.29) is 16.3 Å². The van der Waals surface area contributed by atoms with Crippen molar-refractivity contribution < 1.29 is 14.0 Å². The van der Waals surface area contributed by atoms with Crippen LogP contribution in [0.2, 0.25) is 0 Å². The molecule has 23 heavy (non-hydrogen) atoms. The zero-order chi connectivity index (χ0) is 17.3. The summed E-state index contributed by atoms with van der Waals surface area (Å²) in [5.74, 6) is 0.679. The highest BCUT2D eigenvalue weighted by Gasteiger charge is 2.51. The number of hydrogen-bond donors (Lipinski definition) is 2. The lowest BCUT2D eigenvalue weighted by molar-refractivity contribution is 0.00578. The average molecular weight is 335 g/mol. The van der Waals surface area contributed by atoms with Crippen LogP contribution in [0.25, 0.3) is 0 Å². The second-order valence-corrected chi connectivity index (χ2v) is 6.76. The van der Waals surface area contributed by atoms with Gasteiger partial charge in [0.05, 0.1) is 24.5 Å². The van der Waals surface area contributed by atoms with Crippen molar-refractivity contribution in [1.29, 1.82) is 0 Å². The molecule has 0 saturated carbocycles. The summed E-state index contributed by atoms with van der Waals surface area (Å²) in [5, 5.41) is 4.07. The van der Waals surface area contributed by atoms with Gasteiger partial charge in [0.25, 0.3) is 0 Å². The van der Waals surface area contributed by atoms with E-state index in [0.29, 0.717) is 5.75 Å². The van der Waals surface area contributed by atoms with Crippen molar-refractivity contribution in [3.05, 3.63) is 23.8 Å². The van der Waals surface area contributed by atoms with Crippen molar-refractivity contribution in [2.75, 3.05) is 7.11 Å².